The van der Waals surface area contributed by atoms with E-state index in [4.69, 9.17) is 5.73 Å². The lowest BCUT2D eigenvalue weighted by atomic mass is 10.0. The summed E-state index contributed by atoms with van der Waals surface area (Å²) in [5, 5.41) is 1.07. The first-order valence-corrected chi connectivity index (χ1v) is 6.12. The summed E-state index contributed by atoms with van der Waals surface area (Å²) < 4.78 is 13.4. The first-order chi connectivity index (χ1) is 9.28. The molecule has 19 heavy (non-hydrogen) atoms. The van der Waals surface area contributed by atoms with Crippen LogP contribution in [-0.4, -0.2) is 4.98 Å². The van der Waals surface area contributed by atoms with Crippen LogP contribution in [0.4, 0.5) is 4.39 Å². The lowest BCUT2D eigenvalue weighted by Gasteiger charge is -2.08. The van der Waals surface area contributed by atoms with Crippen molar-refractivity contribution in [2.45, 2.75) is 6.54 Å². The second kappa shape index (κ2) is 4.78. The normalized spacial score (nSPS) is 10.8. The number of halogens is 1. The van der Waals surface area contributed by atoms with Crippen molar-refractivity contribution in [3.63, 3.8) is 0 Å². The van der Waals surface area contributed by atoms with E-state index in [1.165, 1.54) is 12.1 Å². The molecule has 0 unspecified atom stereocenters. The van der Waals surface area contributed by atoms with Crippen molar-refractivity contribution < 1.29 is 4.39 Å². The Balaban J connectivity index is 2.21. The summed E-state index contributed by atoms with van der Waals surface area (Å²) in [5.74, 6) is -0.276. The van der Waals surface area contributed by atoms with E-state index in [1.807, 2.05) is 36.4 Å². The number of nitrogens with two attached hydrogens (primary N) is 1. The van der Waals surface area contributed by atoms with Crippen LogP contribution in [0.25, 0.3) is 22.2 Å². The van der Waals surface area contributed by atoms with Gasteiger partial charge in [0.2, 0.25) is 0 Å². The molecule has 0 saturated heterocycles. The average molecular weight is 252 g/mol. The van der Waals surface area contributed by atoms with Gasteiger partial charge >= 0.3 is 0 Å². The zero-order chi connectivity index (χ0) is 13.2. The van der Waals surface area contributed by atoms with Crippen LogP contribution < -0.4 is 5.73 Å². The second-order valence-electron chi connectivity index (χ2n) is 4.39. The van der Waals surface area contributed by atoms with Crippen molar-refractivity contribution in [2.75, 3.05) is 0 Å². The lowest BCUT2D eigenvalue weighted by Crippen LogP contribution is -2.00. The van der Waals surface area contributed by atoms with Crippen LogP contribution in [-0.2, 0) is 6.54 Å². The Morgan fingerprint density at radius 3 is 2.68 bits per heavy atom. The molecule has 1 heterocycles. The summed E-state index contributed by atoms with van der Waals surface area (Å²) in [6, 6.07) is 16.4. The summed E-state index contributed by atoms with van der Waals surface area (Å²) in [4.78, 5) is 4.57. The van der Waals surface area contributed by atoms with Gasteiger partial charge < -0.3 is 5.73 Å². The first kappa shape index (κ1) is 11.8. The molecule has 0 atom stereocenters. The minimum absolute atomic E-state index is 0.276. The van der Waals surface area contributed by atoms with Gasteiger partial charge in [-0.2, -0.15) is 0 Å². The quantitative estimate of drug-likeness (QED) is 0.758. The molecule has 1 aromatic heterocycles. The van der Waals surface area contributed by atoms with E-state index in [-0.39, 0.29) is 5.82 Å². The Kier molecular flexibility index (Phi) is 2.97. The van der Waals surface area contributed by atoms with Gasteiger partial charge in [0.25, 0.3) is 0 Å². The highest BCUT2D eigenvalue weighted by atomic mass is 19.1. The smallest absolute Gasteiger partial charge is 0.123 e. The highest BCUT2D eigenvalue weighted by Gasteiger charge is 2.07. The number of nitrogens with zero attached hydrogens (tertiary/aromatic N) is 1. The van der Waals surface area contributed by atoms with Gasteiger partial charge in [-0.15, -0.1) is 0 Å². The van der Waals surface area contributed by atoms with Crippen LogP contribution in [0.5, 0.6) is 0 Å². The van der Waals surface area contributed by atoms with Crippen molar-refractivity contribution in [1.29, 1.82) is 0 Å². The fourth-order valence-corrected chi connectivity index (χ4v) is 2.18. The zero-order valence-corrected chi connectivity index (χ0v) is 10.3. The maximum Gasteiger partial charge on any atom is 0.123 e. The Bertz CT molecular complexity index is 738. The largest absolute Gasteiger partial charge is 0.326 e. The van der Waals surface area contributed by atoms with Crippen LogP contribution in [0, 0.1) is 5.82 Å². The summed E-state index contributed by atoms with van der Waals surface area (Å²) in [5.41, 5.74) is 9.00. The molecule has 94 valence electrons. The molecule has 0 aliphatic heterocycles. The van der Waals surface area contributed by atoms with Gasteiger partial charge in [0.05, 0.1) is 11.2 Å². The van der Waals surface area contributed by atoms with Crippen LogP contribution >= 0.6 is 0 Å². The average Bonchev–Trinajstić information content (AvgIpc) is 2.46. The van der Waals surface area contributed by atoms with Crippen LogP contribution in [0.3, 0.4) is 0 Å². The summed E-state index contributed by atoms with van der Waals surface area (Å²) >= 11 is 0. The van der Waals surface area contributed by atoms with E-state index in [0.29, 0.717) is 6.54 Å². The fourth-order valence-electron chi connectivity index (χ4n) is 2.18. The Hall–Kier alpha value is -2.26. The molecule has 3 rings (SSSR count). The van der Waals surface area contributed by atoms with E-state index >= 15 is 0 Å². The molecule has 0 aliphatic rings. The maximum atomic E-state index is 13.4. The predicted molar refractivity (Wildman–Crippen MR) is 75.0 cm³/mol. The van der Waals surface area contributed by atoms with Crippen molar-refractivity contribution in [2.24, 2.45) is 5.73 Å². The molecule has 0 aliphatic carbocycles. The minimum atomic E-state index is -0.276. The molecule has 2 nitrogen and oxygen atoms in total. The molecular formula is C16H13FN2. The maximum absolute atomic E-state index is 13.4. The highest BCUT2D eigenvalue weighted by Crippen LogP contribution is 2.25. The van der Waals surface area contributed by atoms with E-state index in [9.17, 15) is 4.39 Å². The molecule has 0 spiro atoms. The third-order valence-corrected chi connectivity index (χ3v) is 3.17. The summed E-state index contributed by atoms with van der Waals surface area (Å²) in [6.07, 6.45) is 0. The lowest BCUT2D eigenvalue weighted by molar-refractivity contribution is 0.627. The second-order valence-corrected chi connectivity index (χ2v) is 4.39. The minimum Gasteiger partial charge on any atom is -0.326 e. The summed E-state index contributed by atoms with van der Waals surface area (Å²) in [7, 11) is 0. The van der Waals surface area contributed by atoms with E-state index in [1.54, 1.807) is 6.07 Å². The van der Waals surface area contributed by atoms with Crippen molar-refractivity contribution in [3.8, 4) is 11.3 Å². The number of pyridine rings is 1. The molecule has 0 radical (unpaired) electrons. The third kappa shape index (κ3) is 2.20. The number of benzene rings is 2. The highest BCUT2D eigenvalue weighted by molar-refractivity contribution is 5.81. The number of para-hydroxylation sites is 1. The number of hydrogen-bond acceptors (Lipinski definition) is 2. The topological polar surface area (TPSA) is 38.9 Å². The van der Waals surface area contributed by atoms with E-state index < -0.39 is 0 Å². The molecular weight excluding hydrogens is 239 g/mol. The zero-order valence-electron chi connectivity index (χ0n) is 10.3. The van der Waals surface area contributed by atoms with Gasteiger partial charge in [-0.05, 0) is 29.8 Å². The van der Waals surface area contributed by atoms with Gasteiger partial charge in [-0.3, -0.25) is 0 Å². The predicted octanol–water partition coefficient (Wildman–Crippen LogP) is 3.50. The molecule has 2 aromatic carbocycles. The van der Waals surface area contributed by atoms with Crippen LogP contribution in [0.1, 0.15) is 5.56 Å². The molecule has 0 bridgehead atoms. The molecule has 0 saturated carbocycles. The Morgan fingerprint density at radius 2 is 1.84 bits per heavy atom. The van der Waals surface area contributed by atoms with Crippen LogP contribution in [0.2, 0.25) is 0 Å². The number of fused-ring (bicyclic) bond motifs is 1. The monoisotopic (exact) mass is 252 g/mol. The third-order valence-electron chi connectivity index (χ3n) is 3.17. The first-order valence-electron chi connectivity index (χ1n) is 6.12. The molecule has 0 amide bonds. The number of aromatic nitrogens is 1. The Labute approximate surface area is 110 Å². The number of hydrogen-bond donors (Lipinski definition) is 1. The van der Waals surface area contributed by atoms with Crippen molar-refractivity contribution in [3.05, 3.63) is 66.0 Å². The van der Waals surface area contributed by atoms with Crippen molar-refractivity contribution in [1.82, 2.24) is 4.98 Å². The van der Waals surface area contributed by atoms with Gasteiger partial charge in [-0.1, -0.05) is 30.3 Å². The van der Waals surface area contributed by atoms with Crippen LogP contribution in [0.15, 0.2) is 54.6 Å². The standard InChI is InChI=1S/C16H13FN2/c17-13-7-5-12(10-18)14(9-13)16-8-6-11-3-1-2-4-15(11)19-16/h1-9H,10,18H2. The van der Waals surface area contributed by atoms with Gasteiger partial charge in [-0.25, -0.2) is 9.37 Å². The molecule has 2 N–H and O–H groups in total. The SMILES string of the molecule is NCc1ccc(F)cc1-c1ccc2ccccc2n1. The van der Waals surface area contributed by atoms with Gasteiger partial charge in [0, 0.05) is 17.5 Å². The fraction of sp³-hybridized carbons (Fsp3) is 0.0625. The van der Waals surface area contributed by atoms with Crippen molar-refractivity contribution >= 4 is 10.9 Å². The molecule has 3 heteroatoms. The molecule has 0 fully saturated rings. The Morgan fingerprint density at radius 1 is 1.00 bits per heavy atom. The van der Waals surface area contributed by atoms with E-state index in [2.05, 4.69) is 4.98 Å². The van der Waals surface area contributed by atoms with E-state index in [0.717, 1.165) is 27.7 Å². The van der Waals surface area contributed by atoms with Gasteiger partial charge in [0.1, 0.15) is 5.82 Å². The van der Waals surface area contributed by atoms with Gasteiger partial charge in [0.15, 0.2) is 0 Å². The molecule has 3 aromatic rings. The summed E-state index contributed by atoms with van der Waals surface area (Å²) in [6.45, 7) is 0.365. The number of rotatable bonds is 2.